The Bertz CT molecular complexity index is 1170. The van der Waals surface area contributed by atoms with Crippen molar-refractivity contribution in [2.75, 3.05) is 22.3 Å². The molecule has 0 saturated heterocycles. The number of carbonyl (C=O) groups excluding carboxylic acids is 1. The highest BCUT2D eigenvalue weighted by molar-refractivity contribution is 7.99. The lowest BCUT2D eigenvalue weighted by Crippen LogP contribution is -2.16. The zero-order valence-electron chi connectivity index (χ0n) is 15.3. The highest BCUT2D eigenvalue weighted by Gasteiger charge is 2.13. The maximum absolute atomic E-state index is 12.2. The average Bonchev–Trinajstić information content (AvgIpc) is 3.31. The van der Waals surface area contributed by atoms with Gasteiger partial charge >= 0.3 is 0 Å². The summed E-state index contributed by atoms with van der Waals surface area (Å²) < 4.78 is 2.24. The summed E-state index contributed by atoms with van der Waals surface area (Å²) in [6, 6.07) is 14.9. The number of hydrogen-bond acceptors (Lipinski definition) is 9. The van der Waals surface area contributed by atoms with Crippen LogP contribution in [0, 0.1) is 0 Å². The minimum atomic E-state index is -0.211. The van der Waals surface area contributed by atoms with Gasteiger partial charge in [0, 0.05) is 5.02 Å². The predicted molar refractivity (Wildman–Crippen MR) is 122 cm³/mol. The summed E-state index contributed by atoms with van der Waals surface area (Å²) in [5.41, 5.74) is 4.42. The molecular formula is C18H15ClN8OS2. The van der Waals surface area contributed by atoms with Gasteiger partial charge in [-0.3, -0.25) is 4.79 Å². The van der Waals surface area contributed by atoms with Crippen molar-refractivity contribution in [3.05, 3.63) is 59.1 Å². The van der Waals surface area contributed by atoms with Crippen molar-refractivity contribution >= 4 is 68.1 Å². The highest BCUT2D eigenvalue weighted by atomic mass is 35.5. The lowest BCUT2D eigenvalue weighted by molar-refractivity contribution is -0.113. The summed E-state index contributed by atoms with van der Waals surface area (Å²) in [6.07, 6.45) is 1.60. The third-order valence-corrected chi connectivity index (χ3v) is 5.93. The van der Waals surface area contributed by atoms with Gasteiger partial charge in [-0.15, -0.1) is 10.2 Å². The number of hydrazone groups is 1. The second-order valence-corrected chi connectivity index (χ2v) is 8.33. The van der Waals surface area contributed by atoms with Crippen molar-refractivity contribution in [2.45, 2.75) is 5.16 Å². The Kier molecular flexibility index (Phi) is 6.12. The molecule has 152 valence electrons. The molecule has 2 heterocycles. The summed E-state index contributed by atoms with van der Waals surface area (Å²) in [4.78, 5) is 16.6. The van der Waals surface area contributed by atoms with Crippen LogP contribution < -0.4 is 16.6 Å². The van der Waals surface area contributed by atoms with Gasteiger partial charge in [-0.05, 0) is 29.8 Å². The van der Waals surface area contributed by atoms with E-state index in [0.717, 1.165) is 27.5 Å². The molecular weight excluding hydrogens is 444 g/mol. The van der Waals surface area contributed by atoms with E-state index in [1.165, 1.54) is 16.0 Å². The number of aromatic nitrogens is 4. The van der Waals surface area contributed by atoms with Crippen LogP contribution in [0.5, 0.6) is 0 Å². The number of anilines is 2. The van der Waals surface area contributed by atoms with Gasteiger partial charge in [-0.2, -0.15) is 5.10 Å². The normalized spacial score (nSPS) is 11.2. The van der Waals surface area contributed by atoms with Crippen LogP contribution in [-0.4, -0.2) is 37.7 Å². The summed E-state index contributed by atoms with van der Waals surface area (Å²) in [6.45, 7) is 0. The minimum Gasteiger partial charge on any atom is -0.334 e. The number of thioether (sulfide) groups is 1. The van der Waals surface area contributed by atoms with Crippen molar-refractivity contribution in [3.8, 4) is 0 Å². The van der Waals surface area contributed by atoms with Gasteiger partial charge in [0.05, 0.1) is 22.2 Å². The van der Waals surface area contributed by atoms with Gasteiger partial charge in [-0.25, -0.2) is 15.1 Å². The molecule has 1 amide bonds. The molecule has 2 aromatic heterocycles. The standard InChI is InChI=1S/C18H15ClN8OS2/c19-12-7-5-11(6-8-12)9-21-24-16-25-26-18(27(16)20)29-10-15(28)23-17-22-13-3-1-2-4-14(13)30-17/h1-9H,10,20H2,(H,24,25)(H,22,23,28)/b21-9+. The number of benzene rings is 2. The van der Waals surface area contributed by atoms with Crippen molar-refractivity contribution in [2.24, 2.45) is 5.10 Å². The quantitative estimate of drug-likeness (QED) is 0.168. The van der Waals surface area contributed by atoms with Crippen LogP contribution in [0.4, 0.5) is 11.1 Å². The van der Waals surface area contributed by atoms with Gasteiger partial charge in [0.2, 0.25) is 11.1 Å². The van der Waals surface area contributed by atoms with Crippen molar-refractivity contribution in [1.29, 1.82) is 0 Å². The zero-order valence-corrected chi connectivity index (χ0v) is 17.7. The van der Waals surface area contributed by atoms with Gasteiger partial charge < -0.3 is 11.2 Å². The molecule has 0 aliphatic carbocycles. The molecule has 4 N–H and O–H groups in total. The second kappa shape index (κ2) is 9.11. The van der Waals surface area contributed by atoms with Crippen LogP contribution in [0.3, 0.4) is 0 Å². The van der Waals surface area contributed by atoms with Crippen LogP contribution >= 0.6 is 34.7 Å². The molecule has 0 bridgehead atoms. The number of carbonyl (C=O) groups is 1. The molecule has 0 radical (unpaired) electrons. The van der Waals surface area contributed by atoms with Gasteiger partial charge in [0.25, 0.3) is 5.95 Å². The number of fused-ring (bicyclic) bond motifs is 1. The summed E-state index contributed by atoms with van der Waals surface area (Å²) >= 11 is 8.42. The maximum Gasteiger partial charge on any atom is 0.264 e. The van der Waals surface area contributed by atoms with E-state index in [1.807, 2.05) is 36.4 Å². The molecule has 0 spiro atoms. The van der Waals surface area contributed by atoms with E-state index in [9.17, 15) is 4.79 Å². The predicted octanol–water partition coefficient (Wildman–Crippen LogP) is 3.43. The fourth-order valence-corrected chi connectivity index (χ4v) is 4.04. The Morgan fingerprint density at radius 1 is 1.23 bits per heavy atom. The van der Waals surface area contributed by atoms with E-state index in [4.69, 9.17) is 17.4 Å². The Hall–Kier alpha value is -3.15. The lowest BCUT2D eigenvalue weighted by Gasteiger charge is -2.03. The SMILES string of the molecule is Nn1c(N/N=C/c2ccc(Cl)cc2)nnc1SCC(=O)Nc1nc2ccccc2s1. The van der Waals surface area contributed by atoms with E-state index in [-0.39, 0.29) is 17.6 Å². The van der Waals surface area contributed by atoms with E-state index in [2.05, 4.69) is 31.0 Å². The lowest BCUT2D eigenvalue weighted by atomic mass is 10.2. The van der Waals surface area contributed by atoms with E-state index >= 15 is 0 Å². The van der Waals surface area contributed by atoms with Crippen molar-refractivity contribution in [3.63, 3.8) is 0 Å². The Balaban J connectivity index is 1.31. The first-order valence-electron chi connectivity index (χ1n) is 8.62. The van der Waals surface area contributed by atoms with Crippen LogP contribution in [0.1, 0.15) is 5.56 Å². The molecule has 0 unspecified atom stereocenters. The Morgan fingerprint density at radius 3 is 2.83 bits per heavy atom. The monoisotopic (exact) mass is 458 g/mol. The molecule has 12 heteroatoms. The van der Waals surface area contributed by atoms with Gasteiger partial charge in [0.1, 0.15) is 0 Å². The number of amides is 1. The number of thiazole rings is 1. The molecule has 0 saturated carbocycles. The topological polar surface area (TPSA) is 123 Å². The summed E-state index contributed by atoms with van der Waals surface area (Å²) in [5.74, 6) is 6.11. The third-order valence-electron chi connectivity index (χ3n) is 3.79. The number of nitrogens with one attached hydrogen (secondary N) is 2. The largest absolute Gasteiger partial charge is 0.334 e. The number of halogens is 1. The summed E-state index contributed by atoms with van der Waals surface area (Å²) in [5, 5.41) is 16.3. The molecule has 0 aliphatic heterocycles. The number of nitrogens with two attached hydrogens (primary N) is 1. The fourth-order valence-electron chi connectivity index (χ4n) is 2.38. The molecule has 30 heavy (non-hydrogen) atoms. The molecule has 0 aliphatic rings. The van der Waals surface area contributed by atoms with E-state index in [0.29, 0.717) is 15.3 Å². The third kappa shape index (κ3) is 4.87. The van der Waals surface area contributed by atoms with E-state index < -0.39 is 0 Å². The maximum atomic E-state index is 12.2. The molecule has 4 aromatic rings. The van der Waals surface area contributed by atoms with Crippen LogP contribution in [0.25, 0.3) is 10.2 Å². The molecule has 0 fully saturated rings. The van der Waals surface area contributed by atoms with Crippen LogP contribution in [0.15, 0.2) is 58.8 Å². The molecule has 0 atom stereocenters. The molecule has 4 rings (SSSR count). The summed E-state index contributed by atoms with van der Waals surface area (Å²) in [7, 11) is 0. The first-order valence-corrected chi connectivity index (χ1v) is 10.8. The molecule has 2 aromatic carbocycles. The fraction of sp³-hybridized carbons (Fsp3) is 0.0556. The minimum absolute atomic E-state index is 0.110. The number of hydrogen-bond donors (Lipinski definition) is 3. The number of rotatable bonds is 7. The molecule has 9 nitrogen and oxygen atoms in total. The van der Waals surface area contributed by atoms with Crippen LogP contribution in [-0.2, 0) is 4.79 Å². The Labute approximate surface area is 184 Å². The average molecular weight is 459 g/mol. The van der Waals surface area contributed by atoms with Crippen molar-refractivity contribution < 1.29 is 4.79 Å². The van der Waals surface area contributed by atoms with E-state index in [1.54, 1.807) is 18.3 Å². The smallest absolute Gasteiger partial charge is 0.264 e. The van der Waals surface area contributed by atoms with Crippen molar-refractivity contribution in [1.82, 2.24) is 19.9 Å². The van der Waals surface area contributed by atoms with Gasteiger partial charge in [0.15, 0.2) is 5.13 Å². The number of nitrogen functional groups attached to an aromatic ring is 1. The Morgan fingerprint density at radius 2 is 2.03 bits per heavy atom. The van der Waals surface area contributed by atoms with Crippen LogP contribution in [0.2, 0.25) is 5.02 Å². The first-order chi connectivity index (χ1) is 14.6. The highest BCUT2D eigenvalue weighted by Crippen LogP contribution is 2.25. The number of para-hydroxylation sites is 1. The second-order valence-electron chi connectivity index (χ2n) is 5.92. The van der Waals surface area contributed by atoms with Gasteiger partial charge in [-0.1, -0.05) is 59.0 Å². The number of nitrogens with zero attached hydrogens (tertiary/aromatic N) is 5. The zero-order chi connectivity index (χ0) is 20.9. The first kappa shape index (κ1) is 20.1.